The summed E-state index contributed by atoms with van der Waals surface area (Å²) in [5.74, 6) is -0.286. The van der Waals surface area contributed by atoms with Crippen LogP contribution in [0.2, 0.25) is 0 Å². The van der Waals surface area contributed by atoms with Crippen molar-refractivity contribution in [2.75, 3.05) is 35.7 Å². The third-order valence-electron chi connectivity index (χ3n) is 5.56. The van der Waals surface area contributed by atoms with Crippen molar-refractivity contribution in [3.05, 3.63) is 59.8 Å². The minimum Gasteiger partial charge on any atom is -0.494 e. The van der Waals surface area contributed by atoms with Gasteiger partial charge in [-0.3, -0.25) is 4.79 Å². The monoisotopic (exact) mass is 471 g/mol. The largest absolute Gasteiger partial charge is 0.494 e. The van der Waals surface area contributed by atoms with Crippen molar-refractivity contribution in [3.63, 3.8) is 0 Å². The molecule has 2 heterocycles. The van der Waals surface area contributed by atoms with E-state index in [9.17, 15) is 18.0 Å². The quantitative estimate of drug-likeness (QED) is 0.422. The number of carbonyl (C=O) groups is 1. The molecule has 0 radical (unpaired) electrons. The highest BCUT2D eigenvalue weighted by Gasteiger charge is 2.35. The van der Waals surface area contributed by atoms with E-state index in [1.165, 1.54) is 26.2 Å². The second kappa shape index (κ2) is 9.58. The highest BCUT2D eigenvalue weighted by molar-refractivity contribution is 6.00. The van der Waals surface area contributed by atoms with Gasteiger partial charge in [-0.2, -0.15) is 18.2 Å². The van der Waals surface area contributed by atoms with E-state index in [0.29, 0.717) is 17.6 Å². The van der Waals surface area contributed by atoms with Gasteiger partial charge in [-0.25, -0.2) is 4.98 Å². The summed E-state index contributed by atoms with van der Waals surface area (Å²) in [7, 11) is 1.52. The average molecular weight is 471 g/mol. The number of hydrogen-bond acceptors (Lipinski definition) is 7. The minimum atomic E-state index is -4.69. The first-order valence-corrected chi connectivity index (χ1v) is 10.8. The topological polar surface area (TPSA) is 79.4 Å². The summed E-state index contributed by atoms with van der Waals surface area (Å²) in [5.41, 5.74) is 0.949. The van der Waals surface area contributed by atoms with Crippen LogP contribution in [-0.2, 0) is 6.18 Å². The lowest BCUT2D eigenvalue weighted by molar-refractivity contribution is -0.137. The summed E-state index contributed by atoms with van der Waals surface area (Å²) < 4.78 is 46.4. The molecule has 10 heteroatoms. The molecule has 2 N–H and O–H groups in total. The first-order valence-electron chi connectivity index (χ1n) is 10.8. The van der Waals surface area contributed by atoms with Gasteiger partial charge in [-0.15, -0.1) is 0 Å². The number of anilines is 5. The molecule has 1 aliphatic rings. The predicted molar refractivity (Wildman–Crippen MR) is 124 cm³/mol. The maximum Gasteiger partial charge on any atom is 0.421 e. The number of nitrogens with one attached hydrogen (secondary N) is 2. The molecule has 178 valence electrons. The number of hydrogen-bond donors (Lipinski definition) is 2. The van der Waals surface area contributed by atoms with E-state index in [1.807, 2.05) is 12.1 Å². The summed E-state index contributed by atoms with van der Waals surface area (Å²) in [6, 6.07) is 11.9. The Morgan fingerprint density at radius 1 is 1.06 bits per heavy atom. The van der Waals surface area contributed by atoms with Gasteiger partial charge in [-0.05, 0) is 44.0 Å². The summed E-state index contributed by atoms with van der Waals surface area (Å²) >= 11 is 0. The molecule has 0 spiro atoms. The van der Waals surface area contributed by atoms with Crippen LogP contribution >= 0.6 is 0 Å². The van der Waals surface area contributed by atoms with E-state index in [-0.39, 0.29) is 23.0 Å². The van der Waals surface area contributed by atoms with Gasteiger partial charge in [0.15, 0.2) is 5.78 Å². The molecule has 0 saturated carbocycles. The van der Waals surface area contributed by atoms with Gasteiger partial charge in [0.1, 0.15) is 17.1 Å². The van der Waals surface area contributed by atoms with Crippen LogP contribution in [-0.4, -0.2) is 36.0 Å². The molecule has 7 nitrogen and oxygen atoms in total. The lowest BCUT2D eigenvalue weighted by Crippen LogP contribution is -2.17. The number of Topliss-reactive ketones (excluding diaryl/α,β-unsaturated/α-hetero) is 1. The third kappa shape index (κ3) is 5.05. The van der Waals surface area contributed by atoms with Crippen LogP contribution in [0, 0.1) is 0 Å². The fourth-order valence-corrected chi connectivity index (χ4v) is 3.85. The molecule has 0 aliphatic carbocycles. The van der Waals surface area contributed by atoms with Crippen LogP contribution in [0.15, 0.2) is 48.7 Å². The van der Waals surface area contributed by atoms with Crippen molar-refractivity contribution in [2.24, 2.45) is 0 Å². The zero-order valence-electron chi connectivity index (χ0n) is 18.7. The van der Waals surface area contributed by atoms with Gasteiger partial charge in [0.2, 0.25) is 5.95 Å². The van der Waals surface area contributed by atoms with E-state index in [0.717, 1.165) is 31.6 Å². The minimum absolute atomic E-state index is 0.0528. The number of carbonyl (C=O) groups excluding carboxylic acids is 1. The standard InChI is InChI=1S/C24H24F3N5O2/c1-15(33)17-7-3-4-8-19(17)29-22-18(24(25,26)27)14-28-23(31-22)30-20-10-9-16(13-21(20)34-2)32-11-5-6-12-32/h3-4,7-10,13-14H,5-6,11-12H2,1-2H3,(H2,28,29,30,31). The molecule has 1 saturated heterocycles. The molecular weight excluding hydrogens is 447 g/mol. The Hall–Kier alpha value is -3.82. The highest BCUT2D eigenvalue weighted by Crippen LogP contribution is 2.37. The maximum atomic E-state index is 13.6. The van der Waals surface area contributed by atoms with E-state index in [1.54, 1.807) is 18.2 Å². The van der Waals surface area contributed by atoms with E-state index in [2.05, 4.69) is 25.5 Å². The molecule has 34 heavy (non-hydrogen) atoms. The predicted octanol–water partition coefficient (Wildman–Crippen LogP) is 5.79. The second-order valence-electron chi connectivity index (χ2n) is 7.88. The molecule has 1 fully saturated rings. The summed E-state index contributed by atoms with van der Waals surface area (Å²) in [6.07, 6.45) is -1.73. The van der Waals surface area contributed by atoms with Crippen LogP contribution in [0.25, 0.3) is 0 Å². The van der Waals surface area contributed by atoms with Crippen LogP contribution in [0.1, 0.15) is 35.7 Å². The SMILES string of the molecule is COc1cc(N2CCCC2)ccc1Nc1ncc(C(F)(F)F)c(Nc2ccccc2C(C)=O)n1. The first-order chi connectivity index (χ1) is 16.3. The Kier molecular flexibility index (Phi) is 6.58. The third-order valence-corrected chi connectivity index (χ3v) is 5.56. The molecule has 0 unspecified atom stereocenters. The van der Waals surface area contributed by atoms with Gasteiger partial charge >= 0.3 is 6.18 Å². The first kappa shape index (κ1) is 23.3. The highest BCUT2D eigenvalue weighted by atomic mass is 19.4. The zero-order chi connectivity index (χ0) is 24.3. The number of ether oxygens (including phenoxy) is 1. The Morgan fingerprint density at radius 3 is 2.47 bits per heavy atom. The Balaban J connectivity index is 1.67. The Morgan fingerprint density at radius 2 is 1.79 bits per heavy atom. The van der Waals surface area contributed by atoms with Gasteiger partial charge < -0.3 is 20.3 Å². The summed E-state index contributed by atoms with van der Waals surface area (Å²) in [5, 5.41) is 5.60. The smallest absolute Gasteiger partial charge is 0.421 e. The number of ketones is 1. The number of para-hydroxylation sites is 1. The van der Waals surface area contributed by atoms with E-state index in [4.69, 9.17) is 4.74 Å². The summed E-state index contributed by atoms with van der Waals surface area (Å²) in [6.45, 7) is 3.28. The lowest BCUT2D eigenvalue weighted by atomic mass is 10.1. The lowest BCUT2D eigenvalue weighted by Gasteiger charge is -2.20. The molecule has 0 amide bonds. The van der Waals surface area contributed by atoms with Crippen LogP contribution in [0.5, 0.6) is 5.75 Å². The maximum absolute atomic E-state index is 13.6. The average Bonchev–Trinajstić information content (AvgIpc) is 3.34. The molecule has 3 aromatic rings. The van der Waals surface area contributed by atoms with Crippen molar-refractivity contribution in [3.8, 4) is 5.75 Å². The van der Waals surface area contributed by atoms with Crippen LogP contribution in [0.4, 0.5) is 42.0 Å². The number of aromatic nitrogens is 2. The second-order valence-corrected chi connectivity index (χ2v) is 7.88. The number of benzene rings is 2. The molecule has 1 aromatic heterocycles. The van der Waals surface area contributed by atoms with E-state index < -0.39 is 17.6 Å². The molecule has 2 aromatic carbocycles. The molecular formula is C24H24F3N5O2. The van der Waals surface area contributed by atoms with Crippen LogP contribution in [0.3, 0.4) is 0 Å². The molecule has 0 atom stereocenters. The van der Waals surface area contributed by atoms with Gasteiger partial charge in [0.05, 0.1) is 18.5 Å². The Bertz CT molecular complexity index is 1190. The Labute approximate surface area is 195 Å². The number of halogens is 3. The van der Waals surface area contributed by atoms with Crippen molar-refractivity contribution >= 4 is 34.6 Å². The van der Waals surface area contributed by atoms with E-state index >= 15 is 0 Å². The van der Waals surface area contributed by atoms with Crippen molar-refractivity contribution < 1.29 is 22.7 Å². The molecule has 4 rings (SSSR count). The summed E-state index contributed by atoms with van der Waals surface area (Å²) in [4.78, 5) is 22.1. The van der Waals surface area contributed by atoms with Gasteiger partial charge in [0, 0.05) is 36.6 Å². The van der Waals surface area contributed by atoms with Crippen molar-refractivity contribution in [1.29, 1.82) is 0 Å². The zero-order valence-corrected chi connectivity index (χ0v) is 18.7. The van der Waals surface area contributed by atoms with Gasteiger partial charge in [-0.1, -0.05) is 12.1 Å². The fourth-order valence-electron chi connectivity index (χ4n) is 3.85. The number of methoxy groups -OCH3 is 1. The number of alkyl halides is 3. The van der Waals surface area contributed by atoms with Gasteiger partial charge in [0.25, 0.3) is 0 Å². The normalized spacial score (nSPS) is 13.6. The van der Waals surface area contributed by atoms with Crippen molar-refractivity contribution in [1.82, 2.24) is 9.97 Å². The molecule has 0 bridgehead atoms. The number of rotatable bonds is 7. The number of nitrogens with zero attached hydrogens (tertiary/aromatic N) is 3. The van der Waals surface area contributed by atoms with Crippen LogP contribution < -0.4 is 20.3 Å². The molecule has 1 aliphatic heterocycles. The van der Waals surface area contributed by atoms with Crippen molar-refractivity contribution in [2.45, 2.75) is 25.9 Å². The fraction of sp³-hybridized carbons (Fsp3) is 0.292.